The molecule has 1 amide bonds. The molecule has 0 unspecified atom stereocenters. The van der Waals surface area contributed by atoms with Crippen molar-refractivity contribution >= 4 is 151 Å². The van der Waals surface area contributed by atoms with Crippen LogP contribution in [0.25, 0.3) is 31.7 Å². The number of carbonyl (C=O) groups excluding carboxylic acids is 3. The Hall–Kier alpha value is -5.03. The van der Waals surface area contributed by atoms with Crippen molar-refractivity contribution in [1.29, 1.82) is 0 Å². The number of rotatable bonds is 26. The Morgan fingerprint density at radius 3 is 1.26 bits per heavy atom. The van der Waals surface area contributed by atoms with Crippen LogP contribution in [0.1, 0.15) is 255 Å². The number of thiol groups is 1. The summed E-state index contributed by atoms with van der Waals surface area (Å²) in [4.78, 5) is 44.2. The molecule has 527 valence electrons. The largest absolute Gasteiger partial charge is 1.00 e. The zero-order valence-electron chi connectivity index (χ0n) is 56.2. The maximum atomic E-state index is 13.9. The summed E-state index contributed by atoms with van der Waals surface area (Å²) in [6.07, 6.45) is 34.1. The molecule has 0 bridgehead atoms. The summed E-state index contributed by atoms with van der Waals surface area (Å²) >= 11 is 22.4. The van der Waals surface area contributed by atoms with Crippen LogP contribution in [0.3, 0.4) is 0 Å². The van der Waals surface area contributed by atoms with E-state index in [1.54, 1.807) is 54.2 Å². The van der Waals surface area contributed by atoms with Gasteiger partial charge in [-0.05, 0) is 209 Å². The summed E-state index contributed by atoms with van der Waals surface area (Å²) in [5.41, 5.74) is 60.6. The normalized spacial score (nSPS) is 9.90. The molecule has 0 aromatic carbocycles. The number of hydrogen-bond donors (Lipinski definition) is 1. The van der Waals surface area contributed by atoms with E-state index in [9.17, 15) is 14.4 Å². The molecule has 5 nitrogen and oxygen atoms in total. The molecule has 0 saturated heterocycles. The van der Waals surface area contributed by atoms with Gasteiger partial charge in [0, 0.05) is 75.5 Å². The van der Waals surface area contributed by atoms with Gasteiger partial charge in [-0.25, -0.2) is 0 Å². The molecular formula is C77H132BBr2ClLiN2O3S5Si. The van der Waals surface area contributed by atoms with Crippen LogP contribution in [-0.4, -0.2) is 51.6 Å². The van der Waals surface area contributed by atoms with Crippen molar-refractivity contribution in [2.75, 3.05) is 14.1 Å². The Labute approximate surface area is 649 Å². The monoisotopic (exact) mass is 1530 g/mol. The van der Waals surface area contributed by atoms with Gasteiger partial charge < -0.3 is 11.8 Å². The van der Waals surface area contributed by atoms with E-state index in [4.69, 9.17) is 11.6 Å². The van der Waals surface area contributed by atoms with Crippen molar-refractivity contribution < 1.29 is 67.5 Å². The van der Waals surface area contributed by atoms with Gasteiger partial charge in [-0.15, -0.1) is 45.3 Å². The van der Waals surface area contributed by atoms with Crippen molar-refractivity contribution in [1.82, 2.24) is 4.90 Å². The summed E-state index contributed by atoms with van der Waals surface area (Å²) in [6, 6.07) is 0. The zero-order chi connectivity index (χ0) is 68.1. The Morgan fingerprint density at radius 1 is 0.559 bits per heavy atom. The Balaban J connectivity index is -0.0000000491. The van der Waals surface area contributed by atoms with Crippen molar-refractivity contribution in [3.8, 4) is 19.5 Å². The number of thiophene rings is 4. The molecule has 16 heteroatoms. The van der Waals surface area contributed by atoms with Gasteiger partial charge in [-0.1, -0.05) is 185 Å². The van der Waals surface area contributed by atoms with Crippen LogP contribution in [0, 0.1) is 13.8 Å². The van der Waals surface area contributed by atoms with Crippen LogP contribution in [0.15, 0.2) is 140 Å². The van der Waals surface area contributed by atoms with E-state index >= 15 is 0 Å². The molecule has 4 aromatic heterocycles. The van der Waals surface area contributed by atoms with Crippen LogP contribution < -0.4 is 23.4 Å². The van der Waals surface area contributed by atoms with Crippen molar-refractivity contribution in [2.45, 2.75) is 201 Å². The fourth-order valence-electron chi connectivity index (χ4n) is 9.40. The minimum Gasteiger partial charge on any atom is -0.343 e. The maximum Gasteiger partial charge on any atom is 1.00 e. The number of unbranched alkanes of at least 4 members (excludes halogenated alkanes) is 19. The Morgan fingerprint density at radius 2 is 0.871 bits per heavy atom. The molecule has 0 fully saturated rings. The van der Waals surface area contributed by atoms with Gasteiger partial charge in [0.05, 0.1) is 46.3 Å². The number of amides is 1. The average molecular weight is 1540 g/mol. The molecule has 0 N–H and O–H groups in total. The van der Waals surface area contributed by atoms with Gasteiger partial charge in [0.15, 0.2) is 11.6 Å². The minimum absolute atomic E-state index is 0. The molecule has 0 aliphatic heterocycles. The van der Waals surface area contributed by atoms with E-state index in [0.717, 1.165) is 92.6 Å². The standard InChI is InChI=1S/C37H40OS2Si.C33H28Br2OS2.C4H9.C3H6ClNO.BHNS.Li.24H2/c1-7-9-11-13-15-17-19-21-23-25-27-30-29(3)39-35-32(30)34(38)33-31(37(40-36(33)35)41(4,5)6)28-26-24-22-20-18-16-14-12-10-8-2;1-3-5-7-9-11-13-15-17-19-21-23-25-27-29(36)28-26(33(35)38-31(28)30(27)37-32(25)34)24-22-20-18-16-14-12-10-8-6-4-2;1-3-4-2;1-5(2)3(4)6;1-2-3;;;;;;;;;;;;;;;;;;;;;;;;;/h27H,1,8,10,12,14,16,18,20,22,24,26,28H2,2-6H3;23H,1,4,6,8,10,12,14,16,18,20,22,24H2,2H3;1,3-4H2,2H3;1-2H3;3H;;24*1H/q;;-1;;;+1;;;;;;;;;;;;;;;;;;;;;;;;. The molecule has 4 heterocycles. The quantitative estimate of drug-likeness (QED) is 0.0112. The van der Waals surface area contributed by atoms with E-state index < -0.39 is 13.4 Å². The van der Waals surface area contributed by atoms with Gasteiger partial charge in [-0.2, -0.15) is 6.42 Å². The molecule has 0 spiro atoms. The van der Waals surface area contributed by atoms with Gasteiger partial charge in [0.1, 0.15) is 0 Å². The smallest absolute Gasteiger partial charge is 0.343 e. The van der Waals surface area contributed by atoms with E-state index in [0.29, 0.717) is 0 Å². The first-order valence-corrected chi connectivity index (χ1v) is 40.5. The van der Waals surface area contributed by atoms with E-state index in [1.807, 2.05) is 17.4 Å². The van der Waals surface area contributed by atoms with Crippen molar-refractivity contribution in [2.24, 2.45) is 4.30 Å². The van der Waals surface area contributed by atoms with Crippen molar-refractivity contribution in [3.63, 3.8) is 0 Å². The predicted octanol–water partition coefficient (Wildman–Crippen LogP) is 27.4. The maximum absolute atomic E-state index is 13.9. The molecule has 4 aromatic rings. The first-order chi connectivity index (χ1) is 44.4. The third-order valence-electron chi connectivity index (χ3n) is 13.9. The van der Waals surface area contributed by atoms with Crippen LogP contribution in [-0.2, 0) is 12.8 Å². The summed E-state index contributed by atoms with van der Waals surface area (Å²) in [7, 11) is 5.95. The van der Waals surface area contributed by atoms with E-state index in [2.05, 4.69) is 239 Å². The second kappa shape index (κ2) is 51.3. The average Bonchev–Trinajstić information content (AvgIpc) is 1.57. The number of halogens is 3. The second-order valence-corrected chi connectivity index (χ2v) is 35.1. The zero-order valence-corrected chi connectivity index (χ0v) is 65.2. The predicted molar refractivity (Wildman–Crippen MR) is 460 cm³/mol. The summed E-state index contributed by atoms with van der Waals surface area (Å²) in [5, 5.41) is -0.435. The Bertz CT molecular complexity index is 4110. The molecule has 6 rings (SSSR count). The fourth-order valence-corrected chi connectivity index (χ4v) is 18.4. The van der Waals surface area contributed by atoms with Crippen LogP contribution in [0.4, 0.5) is 4.79 Å². The van der Waals surface area contributed by atoms with E-state index in [1.165, 1.54) is 147 Å². The fraction of sp³-hybridized carbons (Fsp3) is 0.429. The van der Waals surface area contributed by atoms with Crippen molar-refractivity contribution in [3.05, 3.63) is 192 Å². The molecule has 0 atom stereocenters. The Kier molecular flexibility index (Phi) is 47.4. The molecule has 2 aliphatic carbocycles. The first kappa shape index (κ1) is 86.0. The number of aryl methyl sites for hydroxylation is 1. The molecule has 1 radical (unpaired) electrons. The number of hydrogen-bond acceptors (Lipinski definition) is 9. The molecule has 2 aliphatic rings. The third kappa shape index (κ3) is 31.2. The SMILES string of the molecule is C=C=C=C=C=C=C=C=C=C=C=Cc1c(Br)sc2c1C(=O)c1c-2sc(Br)c1CCCCCCCCCCCC.C=C=C=C=C=C=C=C=C=C=C=Cc1c(C)sc2c1C(=O)c1c-2sc([Si](C)(C)C)c1CCCCCCCCCCCC.CN(C)C(=O)Cl.[B]=NS.[CH2-]CCC.[HH].[HH].[HH].[HH].[HH].[HH].[HH].[HH].[HH].[HH].[HH].[HH].[HH].[HH].[HH].[HH].[HH].[HH].[HH].[HH].[HH].[HH].[HH].[HH].[Li+]. The number of fused-ring (bicyclic) bond motifs is 6. The van der Waals surface area contributed by atoms with Gasteiger partial charge in [0.25, 0.3) is 0 Å². The van der Waals surface area contributed by atoms with Crippen LogP contribution in [0.2, 0.25) is 19.6 Å². The van der Waals surface area contributed by atoms with Gasteiger partial charge in [0.2, 0.25) is 0 Å². The summed E-state index contributed by atoms with van der Waals surface area (Å²) < 4.78 is 6.20. The van der Waals surface area contributed by atoms with Gasteiger partial charge in [-0.3, -0.25) is 14.4 Å². The number of ketones is 2. The topological polar surface area (TPSA) is 66.8 Å². The van der Waals surface area contributed by atoms with Crippen LogP contribution in [0.5, 0.6) is 0 Å². The molecule has 0 saturated carbocycles. The molecular weight excluding hydrogens is 1400 g/mol. The number of carbonyl (C=O) groups is 3. The second-order valence-electron chi connectivity index (χ2n) is 22.3. The summed E-state index contributed by atoms with van der Waals surface area (Å²) in [5.74, 6) is 0.297. The van der Waals surface area contributed by atoms with Gasteiger partial charge >= 0.3 is 49.0 Å². The third-order valence-corrected chi connectivity index (χ3v) is 24.4. The first-order valence-electron chi connectivity index (χ1n) is 31.3. The minimum atomic E-state index is -1.58. The number of nitrogens with zero attached hydrogens (tertiary/aromatic N) is 2. The van der Waals surface area contributed by atoms with E-state index in [-0.39, 0.29) is 64.7 Å². The molecule has 93 heavy (non-hydrogen) atoms. The summed E-state index contributed by atoms with van der Waals surface area (Å²) in [6.45, 7) is 26.3. The van der Waals surface area contributed by atoms with Crippen LogP contribution >= 0.6 is 102 Å².